The Hall–Kier alpha value is -0.575. The quantitative estimate of drug-likeness (QED) is 0.366. The van der Waals surface area contributed by atoms with Crippen LogP contribution in [0.15, 0.2) is 11.0 Å². The zero-order valence-electron chi connectivity index (χ0n) is 6.20. The predicted octanol–water partition coefficient (Wildman–Crippen LogP) is 1.62. The Morgan fingerprint density at radius 1 is 1.25 bits per heavy atom. The van der Waals surface area contributed by atoms with Gasteiger partial charge in [0.05, 0.1) is 10.7 Å². The molecule has 0 spiro atoms. The Balaban J connectivity index is 3.42. The first-order chi connectivity index (χ1) is 5.57. The van der Waals surface area contributed by atoms with E-state index in [-0.39, 0.29) is 10.4 Å². The zero-order valence-corrected chi connectivity index (χ0v) is 7.01. The Morgan fingerprint density at radius 2 is 1.83 bits per heavy atom. The van der Waals surface area contributed by atoms with Crippen LogP contribution in [0.1, 0.15) is 0 Å². The summed E-state index contributed by atoms with van der Waals surface area (Å²) in [6.07, 6.45) is 1.44. The summed E-state index contributed by atoms with van der Waals surface area (Å²) in [6.45, 7) is 0. The third-order valence-electron chi connectivity index (χ3n) is 1.35. The highest BCUT2D eigenvalue weighted by atomic mass is 32.2. The molecule has 0 amide bonds. The highest BCUT2D eigenvalue weighted by molar-refractivity contribution is 7.98. The van der Waals surface area contributed by atoms with Crippen molar-refractivity contribution in [2.75, 3.05) is 6.26 Å². The lowest BCUT2D eigenvalue weighted by atomic mass is 9.95. The molecule has 1 aromatic carbocycles. The second-order valence-electron chi connectivity index (χ2n) is 2.11. The van der Waals surface area contributed by atoms with Gasteiger partial charge in [0.2, 0.25) is 0 Å². The minimum atomic E-state index is -1.19. The highest BCUT2D eigenvalue weighted by Crippen LogP contribution is 2.22. The maximum atomic E-state index is 12.9. The van der Waals surface area contributed by atoms with Crippen LogP contribution in [0.4, 0.5) is 13.2 Å². The van der Waals surface area contributed by atoms with Crippen LogP contribution >= 0.6 is 11.8 Å². The second kappa shape index (κ2) is 3.43. The molecule has 0 fully saturated rings. The molecule has 12 heavy (non-hydrogen) atoms. The van der Waals surface area contributed by atoms with Crippen molar-refractivity contribution in [3.63, 3.8) is 0 Å². The molecule has 0 bridgehead atoms. The van der Waals surface area contributed by atoms with E-state index in [2.05, 4.69) is 0 Å². The number of hydrogen-bond acceptors (Lipinski definition) is 1. The number of rotatable bonds is 1. The van der Waals surface area contributed by atoms with Gasteiger partial charge in [-0.25, -0.2) is 13.2 Å². The van der Waals surface area contributed by atoms with Gasteiger partial charge in [-0.2, -0.15) is 0 Å². The molecule has 0 aliphatic rings. The predicted molar refractivity (Wildman–Crippen MR) is 43.5 cm³/mol. The van der Waals surface area contributed by atoms with Crippen LogP contribution in [0.5, 0.6) is 0 Å². The molecule has 1 aromatic rings. The molecule has 0 atom stereocenters. The molecular weight excluding hydrogens is 184 g/mol. The maximum Gasteiger partial charge on any atom is 0.175 e. The van der Waals surface area contributed by atoms with Gasteiger partial charge in [-0.3, -0.25) is 5.46 Å². The smallest absolute Gasteiger partial charge is 0.175 e. The van der Waals surface area contributed by atoms with Gasteiger partial charge in [0.25, 0.3) is 0 Å². The fourth-order valence-electron chi connectivity index (χ4n) is 0.778. The van der Waals surface area contributed by atoms with Gasteiger partial charge in [-0.1, -0.05) is 6.07 Å². The number of hydrogen-bond donors (Lipinski definition) is 0. The third kappa shape index (κ3) is 1.46. The first-order valence-corrected chi connectivity index (χ1v) is 4.27. The van der Waals surface area contributed by atoms with E-state index in [0.29, 0.717) is 6.07 Å². The summed E-state index contributed by atoms with van der Waals surface area (Å²) in [6, 6.07) is 0.629. The fourth-order valence-corrected chi connectivity index (χ4v) is 1.35. The molecule has 0 heterocycles. The monoisotopic (exact) mass is 188 g/mol. The summed E-state index contributed by atoms with van der Waals surface area (Å²) in [4.78, 5) is -0.382. The largest absolute Gasteiger partial charge is 0.576 e. The highest BCUT2D eigenvalue weighted by Gasteiger charge is 2.11. The van der Waals surface area contributed by atoms with Crippen molar-refractivity contribution in [3.8, 4) is 0 Å². The Bertz CT molecular complexity index is 288. The van der Waals surface area contributed by atoms with Crippen LogP contribution in [0, 0.1) is 17.5 Å². The number of thioether (sulfide) groups is 1. The van der Waals surface area contributed by atoms with Crippen molar-refractivity contribution in [1.29, 1.82) is 0 Å². The second-order valence-corrected chi connectivity index (χ2v) is 2.93. The van der Waals surface area contributed by atoms with E-state index < -0.39 is 17.5 Å². The molecule has 0 nitrogen and oxygen atoms in total. The average Bonchev–Trinajstić information content (AvgIpc) is 2.02. The van der Waals surface area contributed by atoms with Crippen molar-refractivity contribution in [2.24, 2.45) is 0 Å². The van der Waals surface area contributed by atoms with Crippen molar-refractivity contribution < 1.29 is 13.2 Å². The van der Waals surface area contributed by atoms with E-state index in [1.807, 2.05) is 0 Å². The van der Waals surface area contributed by atoms with Crippen LogP contribution in [-0.4, -0.2) is 14.1 Å². The maximum absolute atomic E-state index is 12.9. The lowest BCUT2D eigenvalue weighted by molar-refractivity contribution is 0.471. The summed E-state index contributed by atoms with van der Waals surface area (Å²) in [5.74, 6) is -3.21. The van der Waals surface area contributed by atoms with Gasteiger partial charge in [0, 0.05) is 0 Å². The van der Waals surface area contributed by atoms with Crippen LogP contribution in [0.2, 0.25) is 0 Å². The molecule has 5 heteroatoms. The van der Waals surface area contributed by atoms with Gasteiger partial charge in [-0.15, -0.1) is 11.8 Å². The molecule has 0 aliphatic carbocycles. The topological polar surface area (TPSA) is 0 Å². The summed E-state index contributed by atoms with van der Waals surface area (Å²) in [5, 5.41) is 0. The molecule has 1 rings (SSSR count). The van der Waals surface area contributed by atoms with Crippen LogP contribution < -0.4 is 5.46 Å². The normalized spacial score (nSPS) is 10.4. The third-order valence-corrected chi connectivity index (χ3v) is 2.11. The van der Waals surface area contributed by atoms with E-state index in [1.165, 1.54) is 6.26 Å². The zero-order chi connectivity index (χ0) is 9.30. The van der Waals surface area contributed by atoms with E-state index in [1.54, 1.807) is 0 Å². The standard InChI is InChI=1S/C7H4BF3S/c1-12-7-5(10)3(8)2-4(9)6(7)11/h2H,1H3/q-1. The Labute approximate surface area is 73.6 Å². The van der Waals surface area contributed by atoms with E-state index >= 15 is 0 Å². The van der Waals surface area contributed by atoms with Crippen LogP contribution in [0.25, 0.3) is 0 Å². The molecule has 0 unspecified atom stereocenters. The average molecular weight is 188 g/mol. The molecule has 3 radical (unpaired) electrons. The minimum absolute atomic E-state index is 0.377. The van der Waals surface area contributed by atoms with Crippen molar-refractivity contribution >= 4 is 25.1 Å². The van der Waals surface area contributed by atoms with Crippen LogP contribution in [-0.2, 0) is 0 Å². The van der Waals surface area contributed by atoms with Gasteiger partial charge in [-0.05, 0) is 6.26 Å². The summed E-state index contributed by atoms with van der Waals surface area (Å²) in [7, 11) is 5.07. The van der Waals surface area contributed by atoms with E-state index in [0.717, 1.165) is 11.8 Å². The summed E-state index contributed by atoms with van der Waals surface area (Å²) in [5.41, 5.74) is -0.377. The molecule has 63 valence electrons. The van der Waals surface area contributed by atoms with E-state index in [9.17, 15) is 13.2 Å². The number of halogens is 3. The Morgan fingerprint density at radius 3 is 2.33 bits per heavy atom. The molecular formula is C7H4BF3S-. The number of benzene rings is 1. The molecule has 0 saturated carbocycles. The van der Waals surface area contributed by atoms with Crippen molar-refractivity contribution in [2.45, 2.75) is 4.90 Å². The van der Waals surface area contributed by atoms with Crippen LogP contribution in [0.3, 0.4) is 0 Å². The van der Waals surface area contributed by atoms with Gasteiger partial charge in [0.1, 0.15) is 0 Å². The van der Waals surface area contributed by atoms with Gasteiger partial charge >= 0.3 is 0 Å². The first-order valence-electron chi connectivity index (χ1n) is 3.05. The summed E-state index contributed by atoms with van der Waals surface area (Å²) < 4.78 is 38.2. The van der Waals surface area contributed by atoms with E-state index in [4.69, 9.17) is 7.85 Å². The van der Waals surface area contributed by atoms with Crippen molar-refractivity contribution in [3.05, 3.63) is 23.5 Å². The lowest BCUT2D eigenvalue weighted by Crippen LogP contribution is -2.12. The fraction of sp³-hybridized carbons (Fsp3) is 0.143. The Kier molecular flexibility index (Phi) is 2.72. The first kappa shape index (κ1) is 9.51. The molecule has 0 saturated heterocycles. The SMILES string of the molecule is [B-]c1cc(F)c(F)c(SC)c1F. The van der Waals surface area contributed by atoms with Gasteiger partial charge in [0.15, 0.2) is 11.6 Å². The molecule has 0 N–H and O–H groups in total. The lowest BCUT2D eigenvalue weighted by Gasteiger charge is -2.13. The van der Waals surface area contributed by atoms with Gasteiger partial charge < -0.3 is 7.85 Å². The molecule has 0 aromatic heterocycles. The van der Waals surface area contributed by atoms with Crippen molar-refractivity contribution in [1.82, 2.24) is 0 Å². The molecule has 0 aliphatic heterocycles. The summed E-state index contributed by atoms with van der Waals surface area (Å²) >= 11 is 0.780. The minimum Gasteiger partial charge on any atom is -0.576 e.